The minimum atomic E-state index is 0.622. The number of aliphatic imine (C=N–C) groups is 1. The van der Waals surface area contributed by atoms with Gasteiger partial charge in [-0.05, 0) is 12.8 Å². The molecule has 0 atom stereocenters. The third-order valence-electron chi connectivity index (χ3n) is 1.43. The largest absolute Gasteiger partial charge is 0.385 e. The zero-order chi connectivity index (χ0) is 8.36. The van der Waals surface area contributed by atoms with E-state index in [0.29, 0.717) is 6.54 Å². The molecule has 0 saturated carbocycles. The van der Waals surface area contributed by atoms with Crippen LogP contribution in [0.4, 0.5) is 0 Å². The summed E-state index contributed by atoms with van der Waals surface area (Å²) >= 11 is 0. The minimum Gasteiger partial charge on any atom is -0.385 e. The fourth-order valence-corrected chi connectivity index (χ4v) is 0.836. The molecule has 0 radical (unpaired) electrons. The Morgan fingerprint density at radius 2 is 2.00 bits per heavy atom. The maximum absolute atomic E-state index is 9.63. The molecule has 0 aromatic rings. The van der Waals surface area contributed by atoms with E-state index in [1.54, 1.807) is 7.11 Å². The summed E-state index contributed by atoms with van der Waals surface area (Å²) < 4.78 is 4.88. The number of carbonyl (C=O) groups excluding carboxylic acids is 1. The van der Waals surface area contributed by atoms with Crippen molar-refractivity contribution in [3.05, 3.63) is 0 Å². The van der Waals surface area contributed by atoms with Crippen LogP contribution < -0.4 is 0 Å². The van der Waals surface area contributed by atoms with Crippen molar-refractivity contribution in [2.45, 2.75) is 25.7 Å². The van der Waals surface area contributed by atoms with Gasteiger partial charge in [-0.15, -0.1) is 0 Å². The Labute approximate surface area is 67.5 Å². The maximum Gasteiger partial charge on any atom is 0.234 e. The van der Waals surface area contributed by atoms with Crippen LogP contribution in [0.2, 0.25) is 0 Å². The Hall–Kier alpha value is -0.660. The van der Waals surface area contributed by atoms with Crippen LogP contribution in [0.1, 0.15) is 25.7 Å². The van der Waals surface area contributed by atoms with Gasteiger partial charge in [0.25, 0.3) is 0 Å². The number of isocyanates is 1. The van der Waals surface area contributed by atoms with E-state index < -0.39 is 0 Å². The summed E-state index contributed by atoms with van der Waals surface area (Å²) in [6, 6.07) is 0. The Balaban J connectivity index is 2.84. The van der Waals surface area contributed by atoms with Gasteiger partial charge in [0.05, 0.1) is 6.54 Å². The first-order valence-electron chi connectivity index (χ1n) is 3.94. The molecule has 0 aliphatic rings. The first-order chi connectivity index (χ1) is 5.41. The van der Waals surface area contributed by atoms with Crippen LogP contribution in [0, 0.1) is 0 Å². The highest BCUT2D eigenvalue weighted by Crippen LogP contribution is 1.99. The van der Waals surface area contributed by atoms with Crippen molar-refractivity contribution >= 4 is 6.08 Å². The molecule has 0 amide bonds. The van der Waals surface area contributed by atoms with E-state index in [4.69, 9.17) is 4.74 Å². The first-order valence-corrected chi connectivity index (χ1v) is 3.94. The van der Waals surface area contributed by atoms with Gasteiger partial charge < -0.3 is 4.74 Å². The minimum absolute atomic E-state index is 0.622. The zero-order valence-corrected chi connectivity index (χ0v) is 7.01. The molecule has 0 saturated heterocycles. The molecule has 64 valence electrons. The van der Waals surface area contributed by atoms with E-state index in [1.807, 2.05) is 0 Å². The number of nitrogens with zero attached hydrogens (tertiary/aromatic N) is 1. The molecular weight excluding hydrogens is 142 g/mol. The molecule has 3 heteroatoms. The lowest BCUT2D eigenvalue weighted by Gasteiger charge is -1.96. The SMILES string of the molecule is COCCCCCCN=C=O. The van der Waals surface area contributed by atoms with E-state index in [0.717, 1.165) is 32.3 Å². The van der Waals surface area contributed by atoms with Crippen LogP contribution >= 0.6 is 0 Å². The van der Waals surface area contributed by atoms with E-state index in [1.165, 1.54) is 6.08 Å². The summed E-state index contributed by atoms with van der Waals surface area (Å²) in [5.41, 5.74) is 0. The molecule has 0 aromatic heterocycles. The second-order valence-corrected chi connectivity index (χ2v) is 2.38. The zero-order valence-electron chi connectivity index (χ0n) is 7.01. The molecular formula is C8H15NO2. The number of ether oxygens (including phenoxy) is 1. The highest BCUT2D eigenvalue weighted by molar-refractivity contribution is 5.32. The molecule has 0 rings (SSSR count). The molecule has 0 unspecified atom stereocenters. The third-order valence-corrected chi connectivity index (χ3v) is 1.43. The highest BCUT2D eigenvalue weighted by Gasteiger charge is 1.87. The third kappa shape index (κ3) is 9.34. The molecule has 0 aliphatic heterocycles. The quantitative estimate of drug-likeness (QED) is 0.319. The smallest absolute Gasteiger partial charge is 0.234 e. The Kier molecular flexibility index (Phi) is 8.78. The van der Waals surface area contributed by atoms with Crippen molar-refractivity contribution in [3.8, 4) is 0 Å². The standard InChI is InChI=1S/C8H15NO2/c1-11-7-5-3-2-4-6-9-8-10/h2-7H2,1H3. The highest BCUT2D eigenvalue weighted by atomic mass is 16.5. The van der Waals surface area contributed by atoms with E-state index >= 15 is 0 Å². The average molecular weight is 157 g/mol. The average Bonchev–Trinajstić information content (AvgIpc) is 2.03. The van der Waals surface area contributed by atoms with Gasteiger partial charge in [0.15, 0.2) is 0 Å². The van der Waals surface area contributed by atoms with Crippen LogP contribution in [-0.2, 0) is 9.53 Å². The normalized spacial score (nSPS) is 9.18. The molecule has 0 bridgehead atoms. The van der Waals surface area contributed by atoms with E-state index in [2.05, 4.69) is 4.99 Å². The van der Waals surface area contributed by atoms with Gasteiger partial charge in [-0.25, -0.2) is 9.79 Å². The lowest BCUT2D eigenvalue weighted by atomic mass is 10.2. The summed E-state index contributed by atoms with van der Waals surface area (Å²) in [6.07, 6.45) is 5.88. The number of rotatable bonds is 7. The van der Waals surface area contributed by atoms with Crippen molar-refractivity contribution in [3.63, 3.8) is 0 Å². The van der Waals surface area contributed by atoms with Crippen molar-refractivity contribution < 1.29 is 9.53 Å². The predicted molar refractivity (Wildman–Crippen MR) is 43.3 cm³/mol. The van der Waals surface area contributed by atoms with Gasteiger partial charge >= 0.3 is 0 Å². The molecule has 0 heterocycles. The predicted octanol–water partition coefficient (Wildman–Crippen LogP) is 1.53. The first kappa shape index (κ1) is 10.3. The number of unbranched alkanes of at least 4 members (excludes halogenated alkanes) is 3. The van der Waals surface area contributed by atoms with Crippen molar-refractivity contribution in [1.82, 2.24) is 0 Å². The van der Waals surface area contributed by atoms with E-state index in [9.17, 15) is 4.79 Å². The lowest BCUT2D eigenvalue weighted by Crippen LogP contribution is -1.88. The second kappa shape index (κ2) is 9.34. The van der Waals surface area contributed by atoms with Gasteiger partial charge in [0, 0.05) is 13.7 Å². The van der Waals surface area contributed by atoms with Crippen molar-refractivity contribution in [2.24, 2.45) is 4.99 Å². The van der Waals surface area contributed by atoms with Gasteiger partial charge in [-0.2, -0.15) is 0 Å². The summed E-state index contributed by atoms with van der Waals surface area (Å²) in [5, 5.41) is 0. The van der Waals surface area contributed by atoms with Crippen molar-refractivity contribution in [2.75, 3.05) is 20.3 Å². The Bertz CT molecular complexity index is 119. The summed E-state index contributed by atoms with van der Waals surface area (Å²) in [7, 11) is 1.71. The fraction of sp³-hybridized carbons (Fsp3) is 0.875. The fourth-order valence-electron chi connectivity index (χ4n) is 0.836. The van der Waals surface area contributed by atoms with Crippen LogP contribution in [0.5, 0.6) is 0 Å². The van der Waals surface area contributed by atoms with E-state index in [-0.39, 0.29) is 0 Å². The van der Waals surface area contributed by atoms with Gasteiger partial charge in [0.1, 0.15) is 0 Å². The Morgan fingerprint density at radius 3 is 2.64 bits per heavy atom. The summed E-state index contributed by atoms with van der Waals surface area (Å²) in [6.45, 7) is 1.45. The van der Waals surface area contributed by atoms with Crippen LogP contribution in [0.15, 0.2) is 4.99 Å². The molecule has 3 nitrogen and oxygen atoms in total. The van der Waals surface area contributed by atoms with Gasteiger partial charge in [-0.3, -0.25) is 0 Å². The number of hydrogen-bond acceptors (Lipinski definition) is 3. The molecule has 0 N–H and O–H groups in total. The van der Waals surface area contributed by atoms with Crippen LogP contribution in [-0.4, -0.2) is 26.3 Å². The van der Waals surface area contributed by atoms with Crippen LogP contribution in [0.3, 0.4) is 0 Å². The monoisotopic (exact) mass is 157 g/mol. The molecule has 0 aromatic carbocycles. The molecule has 0 spiro atoms. The number of methoxy groups -OCH3 is 1. The molecule has 11 heavy (non-hydrogen) atoms. The van der Waals surface area contributed by atoms with Crippen molar-refractivity contribution in [1.29, 1.82) is 0 Å². The molecule has 0 aliphatic carbocycles. The lowest BCUT2D eigenvalue weighted by molar-refractivity contribution is 0.192. The van der Waals surface area contributed by atoms with Crippen LogP contribution in [0.25, 0.3) is 0 Å². The topological polar surface area (TPSA) is 38.7 Å². The summed E-state index contributed by atoms with van der Waals surface area (Å²) in [5.74, 6) is 0. The summed E-state index contributed by atoms with van der Waals surface area (Å²) in [4.78, 5) is 13.1. The number of hydrogen-bond donors (Lipinski definition) is 0. The van der Waals surface area contributed by atoms with Gasteiger partial charge in [0.2, 0.25) is 6.08 Å². The maximum atomic E-state index is 9.63. The Morgan fingerprint density at radius 1 is 1.27 bits per heavy atom. The van der Waals surface area contributed by atoms with Gasteiger partial charge in [-0.1, -0.05) is 12.8 Å². The molecule has 0 fully saturated rings. The second-order valence-electron chi connectivity index (χ2n) is 2.38.